The average molecular weight is 410 g/mol. The first-order valence-corrected chi connectivity index (χ1v) is 10.8. The molecule has 29 heavy (non-hydrogen) atoms. The summed E-state index contributed by atoms with van der Waals surface area (Å²) in [6.07, 6.45) is 0.672. The Morgan fingerprint density at radius 2 is 1.66 bits per heavy atom. The van der Waals surface area contributed by atoms with E-state index in [4.69, 9.17) is 0 Å². The van der Waals surface area contributed by atoms with Crippen LogP contribution in [-0.4, -0.2) is 19.5 Å². The van der Waals surface area contributed by atoms with Gasteiger partial charge in [0.05, 0.1) is 22.7 Å². The number of aryl methyl sites for hydroxylation is 2. The number of hydrogen-bond donors (Lipinski definition) is 1. The fourth-order valence-electron chi connectivity index (χ4n) is 3.16. The van der Waals surface area contributed by atoms with E-state index >= 15 is 0 Å². The summed E-state index contributed by atoms with van der Waals surface area (Å²) in [6, 6.07) is 20.5. The van der Waals surface area contributed by atoms with Gasteiger partial charge in [0.15, 0.2) is 0 Å². The summed E-state index contributed by atoms with van der Waals surface area (Å²) in [5.74, 6) is -1.05. The van der Waals surface area contributed by atoms with Gasteiger partial charge in [-0.3, -0.25) is 4.31 Å². The van der Waals surface area contributed by atoms with Crippen LogP contribution in [0.2, 0.25) is 0 Å². The maximum Gasteiger partial charge on any atom is 0.335 e. The first-order chi connectivity index (χ1) is 13.8. The number of nitrogens with zero attached hydrogens (tertiary/aromatic N) is 1. The number of sulfonamides is 1. The lowest BCUT2D eigenvalue weighted by molar-refractivity contribution is 0.0696. The van der Waals surface area contributed by atoms with Crippen molar-refractivity contribution in [3.8, 4) is 0 Å². The number of benzene rings is 3. The Balaban J connectivity index is 2.13. The number of carbonyl (C=O) groups is 1. The van der Waals surface area contributed by atoms with Gasteiger partial charge in [-0.1, -0.05) is 55.0 Å². The van der Waals surface area contributed by atoms with E-state index in [1.165, 1.54) is 16.4 Å². The van der Waals surface area contributed by atoms with E-state index in [1.54, 1.807) is 48.5 Å². The Morgan fingerprint density at radius 3 is 2.31 bits per heavy atom. The van der Waals surface area contributed by atoms with Gasteiger partial charge < -0.3 is 5.11 Å². The first-order valence-electron chi connectivity index (χ1n) is 9.32. The zero-order valence-electron chi connectivity index (χ0n) is 16.4. The van der Waals surface area contributed by atoms with Gasteiger partial charge in [-0.2, -0.15) is 0 Å². The normalized spacial score (nSPS) is 11.2. The van der Waals surface area contributed by atoms with Gasteiger partial charge >= 0.3 is 5.97 Å². The Kier molecular flexibility index (Phi) is 6.03. The van der Waals surface area contributed by atoms with Gasteiger partial charge in [0.2, 0.25) is 0 Å². The number of carboxylic acid groups (broad SMARTS) is 1. The van der Waals surface area contributed by atoms with Crippen LogP contribution in [0, 0.1) is 6.92 Å². The smallest absolute Gasteiger partial charge is 0.335 e. The van der Waals surface area contributed by atoms with Crippen LogP contribution in [0.25, 0.3) is 0 Å². The molecule has 0 aliphatic carbocycles. The molecule has 3 aromatic rings. The monoisotopic (exact) mass is 409 g/mol. The molecule has 0 amide bonds. The highest BCUT2D eigenvalue weighted by Gasteiger charge is 2.27. The molecule has 0 radical (unpaired) electrons. The zero-order valence-corrected chi connectivity index (χ0v) is 17.2. The molecule has 0 unspecified atom stereocenters. The number of anilines is 1. The van der Waals surface area contributed by atoms with Crippen molar-refractivity contribution in [1.82, 2.24) is 0 Å². The lowest BCUT2D eigenvalue weighted by Gasteiger charge is -2.27. The van der Waals surface area contributed by atoms with Crippen LogP contribution < -0.4 is 4.31 Å². The van der Waals surface area contributed by atoms with Crippen LogP contribution in [0.5, 0.6) is 0 Å². The third-order valence-corrected chi connectivity index (χ3v) is 6.52. The molecule has 0 aliphatic heterocycles. The lowest BCUT2D eigenvalue weighted by atomic mass is 10.1. The molecule has 0 spiro atoms. The summed E-state index contributed by atoms with van der Waals surface area (Å²) in [4.78, 5) is 11.5. The highest BCUT2D eigenvalue weighted by molar-refractivity contribution is 7.92. The van der Waals surface area contributed by atoms with Crippen molar-refractivity contribution < 1.29 is 18.3 Å². The molecule has 3 aromatic carbocycles. The van der Waals surface area contributed by atoms with Crippen molar-refractivity contribution in [3.05, 3.63) is 95.1 Å². The minimum absolute atomic E-state index is 0.0361. The molecule has 0 fully saturated rings. The molecule has 0 bridgehead atoms. The maximum atomic E-state index is 13.5. The molecule has 0 aliphatic rings. The topological polar surface area (TPSA) is 74.7 Å². The molecule has 0 atom stereocenters. The molecular formula is C23H23NO4S. The number of rotatable bonds is 7. The Hall–Kier alpha value is -3.12. The molecule has 1 N–H and O–H groups in total. The van der Waals surface area contributed by atoms with E-state index in [0.717, 1.165) is 11.1 Å². The molecule has 6 heteroatoms. The molecule has 5 nitrogen and oxygen atoms in total. The maximum absolute atomic E-state index is 13.5. The lowest BCUT2D eigenvalue weighted by Crippen LogP contribution is -2.31. The van der Waals surface area contributed by atoms with E-state index < -0.39 is 16.0 Å². The fraction of sp³-hybridized carbons (Fsp3) is 0.174. The van der Waals surface area contributed by atoms with Crippen LogP contribution in [0.15, 0.2) is 77.7 Å². The van der Waals surface area contributed by atoms with Crippen LogP contribution >= 0.6 is 0 Å². The van der Waals surface area contributed by atoms with Crippen LogP contribution in [-0.2, 0) is 23.0 Å². The van der Waals surface area contributed by atoms with Crippen molar-refractivity contribution in [3.63, 3.8) is 0 Å². The number of hydrogen-bond acceptors (Lipinski definition) is 3. The van der Waals surface area contributed by atoms with E-state index in [2.05, 4.69) is 0 Å². The second-order valence-corrected chi connectivity index (χ2v) is 8.67. The van der Waals surface area contributed by atoms with Crippen molar-refractivity contribution in [1.29, 1.82) is 0 Å². The summed E-state index contributed by atoms with van der Waals surface area (Å²) < 4.78 is 28.4. The van der Waals surface area contributed by atoms with Gasteiger partial charge in [-0.25, -0.2) is 13.2 Å². The Bertz CT molecular complexity index is 1120. The zero-order chi connectivity index (χ0) is 21.0. The highest BCUT2D eigenvalue weighted by Crippen LogP contribution is 2.29. The minimum Gasteiger partial charge on any atom is -0.478 e. The van der Waals surface area contributed by atoms with Crippen molar-refractivity contribution in [2.24, 2.45) is 0 Å². The highest BCUT2D eigenvalue weighted by atomic mass is 32.2. The predicted octanol–water partition coefficient (Wildman–Crippen LogP) is 4.65. The molecule has 150 valence electrons. The van der Waals surface area contributed by atoms with Gasteiger partial charge in [0, 0.05) is 0 Å². The fourth-order valence-corrected chi connectivity index (χ4v) is 4.65. The summed E-state index contributed by atoms with van der Waals surface area (Å²) in [7, 11) is -3.85. The average Bonchev–Trinajstić information content (AvgIpc) is 2.72. The quantitative estimate of drug-likeness (QED) is 0.616. The molecular weight excluding hydrogens is 386 g/mol. The summed E-state index contributed by atoms with van der Waals surface area (Å²) in [5, 5.41) is 9.27. The summed E-state index contributed by atoms with van der Waals surface area (Å²) in [6.45, 7) is 3.91. The molecule has 0 saturated carbocycles. The first kappa shape index (κ1) is 20.6. The summed E-state index contributed by atoms with van der Waals surface area (Å²) in [5.41, 5.74) is 3.19. The second-order valence-electron chi connectivity index (χ2n) is 6.81. The largest absolute Gasteiger partial charge is 0.478 e. The molecule has 0 aromatic heterocycles. The van der Waals surface area contributed by atoms with Crippen molar-refractivity contribution in [2.45, 2.75) is 31.7 Å². The third kappa shape index (κ3) is 4.49. The van der Waals surface area contributed by atoms with Crippen LogP contribution in [0.4, 0.5) is 5.69 Å². The van der Waals surface area contributed by atoms with Gasteiger partial charge in [-0.15, -0.1) is 0 Å². The third-order valence-electron chi connectivity index (χ3n) is 4.75. The molecule has 3 rings (SSSR count). The Morgan fingerprint density at radius 1 is 0.966 bits per heavy atom. The molecule has 0 saturated heterocycles. The molecule has 0 heterocycles. The van der Waals surface area contributed by atoms with Crippen molar-refractivity contribution in [2.75, 3.05) is 4.31 Å². The van der Waals surface area contributed by atoms with Gasteiger partial charge in [-0.05, 0) is 54.8 Å². The van der Waals surface area contributed by atoms with Gasteiger partial charge in [0.1, 0.15) is 0 Å². The predicted molar refractivity (Wildman–Crippen MR) is 114 cm³/mol. The van der Waals surface area contributed by atoms with E-state index in [1.807, 2.05) is 26.0 Å². The number of carboxylic acids is 1. The minimum atomic E-state index is -3.85. The van der Waals surface area contributed by atoms with Gasteiger partial charge in [0.25, 0.3) is 10.0 Å². The van der Waals surface area contributed by atoms with Crippen molar-refractivity contribution >= 4 is 21.7 Å². The number of para-hydroxylation sites is 1. The van der Waals surface area contributed by atoms with E-state index in [-0.39, 0.29) is 17.0 Å². The second kappa shape index (κ2) is 8.49. The SMILES string of the molecule is CCc1ccccc1N(Cc1cccc(C(=O)O)c1)S(=O)(=O)c1ccc(C)cc1. The Labute approximate surface area is 171 Å². The summed E-state index contributed by atoms with van der Waals surface area (Å²) >= 11 is 0. The van der Waals surface area contributed by atoms with Crippen LogP contribution in [0.3, 0.4) is 0 Å². The standard InChI is InChI=1S/C23H23NO4S/c1-3-19-8-4-5-10-22(19)24(16-18-7-6-9-20(15-18)23(25)26)29(27,28)21-13-11-17(2)12-14-21/h4-15H,3,16H2,1-2H3,(H,25,26). The van der Waals surface area contributed by atoms with Crippen LogP contribution in [0.1, 0.15) is 34.0 Å². The number of aromatic carboxylic acids is 1. The van der Waals surface area contributed by atoms with E-state index in [9.17, 15) is 18.3 Å². The van der Waals surface area contributed by atoms with E-state index in [0.29, 0.717) is 17.7 Å².